The van der Waals surface area contributed by atoms with E-state index in [0.717, 1.165) is 9.87 Å². The van der Waals surface area contributed by atoms with E-state index < -0.39 is 21.9 Å². The largest absolute Gasteiger partial charge is 0.478 e. The summed E-state index contributed by atoms with van der Waals surface area (Å²) in [7, 11) is -0.726. The second kappa shape index (κ2) is 6.75. The lowest BCUT2D eigenvalue weighted by molar-refractivity contribution is 0.0694. The molecule has 1 N–H and O–H groups in total. The summed E-state index contributed by atoms with van der Waals surface area (Å²) in [4.78, 5) is 29.7. The fourth-order valence-corrected chi connectivity index (χ4v) is 3.91. The first-order valence-corrected chi connectivity index (χ1v) is 9.65. The molecule has 3 rings (SSSR count). The van der Waals surface area contributed by atoms with Crippen LogP contribution < -0.4 is 4.90 Å². The van der Waals surface area contributed by atoms with Crippen LogP contribution in [0.4, 0.5) is 5.69 Å². The van der Waals surface area contributed by atoms with Gasteiger partial charge in [-0.15, -0.1) is 0 Å². The number of sulfonamides is 1. The highest BCUT2D eigenvalue weighted by molar-refractivity contribution is 7.89. The monoisotopic (exact) mass is 389 g/mol. The Balaban J connectivity index is 1.99. The highest BCUT2D eigenvalue weighted by atomic mass is 32.2. The minimum Gasteiger partial charge on any atom is -0.478 e. The van der Waals surface area contributed by atoms with Crippen molar-refractivity contribution in [3.8, 4) is 0 Å². The smallest absolute Gasteiger partial charge is 0.337 e. The van der Waals surface area contributed by atoms with Crippen molar-refractivity contribution >= 4 is 27.6 Å². The average Bonchev–Trinajstić information content (AvgIpc) is 3.03. The number of benzene rings is 1. The van der Waals surface area contributed by atoms with Crippen molar-refractivity contribution in [1.29, 1.82) is 0 Å². The summed E-state index contributed by atoms with van der Waals surface area (Å²) in [5.41, 5.74) is 1.81. The second-order valence-corrected chi connectivity index (χ2v) is 8.57. The van der Waals surface area contributed by atoms with Crippen LogP contribution in [0.1, 0.15) is 32.1 Å². The zero-order valence-electron chi connectivity index (χ0n) is 15.1. The van der Waals surface area contributed by atoms with E-state index >= 15 is 0 Å². The van der Waals surface area contributed by atoms with E-state index in [4.69, 9.17) is 5.11 Å². The number of nitrogens with zero attached hydrogens (tertiary/aromatic N) is 3. The molecule has 2 aromatic rings. The van der Waals surface area contributed by atoms with Crippen molar-refractivity contribution < 1.29 is 23.1 Å². The summed E-state index contributed by atoms with van der Waals surface area (Å²) in [6.45, 7) is 1.93. The maximum Gasteiger partial charge on any atom is 0.337 e. The van der Waals surface area contributed by atoms with E-state index in [-0.39, 0.29) is 21.8 Å². The summed E-state index contributed by atoms with van der Waals surface area (Å²) >= 11 is 0. The van der Waals surface area contributed by atoms with Crippen molar-refractivity contribution in [2.24, 2.45) is 0 Å². The Labute approximate surface area is 157 Å². The van der Waals surface area contributed by atoms with E-state index in [1.807, 2.05) is 0 Å². The number of hydrogen-bond acceptors (Lipinski definition) is 5. The predicted molar refractivity (Wildman–Crippen MR) is 98.6 cm³/mol. The van der Waals surface area contributed by atoms with E-state index in [1.54, 1.807) is 6.07 Å². The van der Waals surface area contributed by atoms with Gasteiger partial charge in [-0.1, -0.05) is 6.07 Å². The third kappa shape index (κ3) is 3.31. The summed E-state index contributed by atoms with van der Waals surface area (Å²) in [5, 5.41) is 9.09. The zero-order chi connectivity index (χ0) is 19.9. The molecule has 1 aromatic carbocycles. The molecule has 0 radical (unpaired) electrons. The second-order valence-electron chi connectivity index (χ2n) is 6.42. The highest BCUT2D eigenvalue weighted by Gasteiger charge is 2.29. The van der Waals surface area contributed by atoms with Gasteiger partial charge in [0.15, 0.2) is 0 Å². The Bertz CT molecular complexity index is 1050. The molecule has 27 heavy (non-hydrogen) atoms. The molecule has 0 spiro atoms. The first kappa shape index (κ1) is 19.0. The number of anilines is 1. The SMILES string of the molecule is Cc1nc(C(=O)N2CCc3ccc(S(=O)(=O)N(C)C)cc32)ccc1C(=O)O. The average molecular weight is 389 g/mol. The van der Waals surface area contributed by atoms with Crippen molar-refractivity contribution in [3.05, 3.63) is 52.8 Å². The van der Waals surface area contributed by atoms with Crippen molar-refractivity contribution in [2.45, 2.75) is 18.2 Å². The lowest BCUT2D eigenvalue weighted by atomic mass is 10.1. The molecule has 1 aromatic heterocycles. The Kier molecular flexibility index (Phi) is 4.75. The number of aromatic carboxylic acids is 1. The number of aryl methyl sites for hydroxylation is 1. The van der Waals surface area contributed by atoms with E-state index in [1.165, 1.54) is 50.2 Å². The minimum absolute atomic E-state index is 0.0349. The van der Waals surface area contributed by atoms with Crippen LogP contribution in [0, 0.1) is 6.92 Å². The van der Waals surface area contributed by atoms with Crippen LogP contribution in [0.3, 0.4) is 0 Å². The normalized spacial score (nSPS) is 13.7. The summed E-state index contributed by atoms with van der Waals surface area (Å²) < 4.78 is 25.9. The van der Waals surface area contributed by atoms with Gasteiger partial charge in [0.1, 0.15) is 5.69 Å². The number of fused-ring (bicyclic) bond motifs is 1. The number of carboxylic acid groups (broad SMARTS) is 1. The molecule has 0 aliphatic carbocycles. The maximum absolute atomic E-state index is 12.9. The first-order valence-electron chi connectivity index (χ1n) is 8.21. The number of pyridine rings is 1. The van der Waals surface area contributed by atoms with Crippen LogP contribution in [0.25, 0.3) is 0 Å². The van der Waals surface area contributed by atoms with Crippen molar-refractivity contribution in [3.63, 3.8) is 0 Å². The van der Waals surface area contributed by atoms with Gasteiger partial charge in [0.25, 0.3) is 5.91 Å². The van der Waals surface area contributed by atoms with Crippen molar-refractivity contribution in [2.75, 3.05) is 25.5 Å². The summed E-state index contributed by atoms with van der Waals surface area (Å²) in [6, 6.07) is 7.46. The Hall–Kier alpha value is -2.78. The van der Waals surface area contributed by atoms with Gasteiger partial charge < -0.3 is 10.0 Å². The summed E-state index contributed by atoms with van der Waals surface area (Å²) in [6.07, 6.45) is 0.607. The first-order chi connectivity index (χ1) is 12.6. The van der Waals surface area contributed by atoms with Crippen LogP contribution in [0.15, 0.2) is 35.2 Å². The molecular formula is C18H19N3O5S. The van der Waals surface area contributed by atoms with Crippen LogP contribution >= 0.6 is 0 Å². The van der Waals surface area contributed by atoms with Gasteiger partial charge in [0.05, 0.1) is 16.2 Å². The maximum atomic E-state index is 12.9. The minimum atomic E-state index is -3.62. The van der Waals surface area contributed by atoms with Gasteiger partial charge in [-0.2, -0.15) is 0 Å². The third-order valence-corrected chi connectivity index (χ3v) is 6.32. The van der Waals surface area contributed by atoms with Crippen LogP contribution in [0.5, 0.6) is 0 Å². The van der Waals surface area contributed by atoms with Gasteiger partial charge in [0.2, 0.25) is 10.0 Å². The van der Waals surface area contributed by atoms with E-state index in [9.17, 15) is 18.0 Å². The molecule has 1 aliphatic rings. The number of aromatic nitrogens is 1. The molecule has 1 aliphatic heterocycles. The molecule has 1 amide bonds. The Morgan fingerprint density at radius 2 is 1.89 bits per heavy atom. The molecule has 8 nitrogen and oxygen atoms in total. The van der Waals surface area contributed by atoms with Crippen LogP contribution in [-0.2, 0) is 16.4 Å². The van der Waals surface area contributed by atoms with Gasteiger partial charge in [-0.3, -0.25) is 4.79 Å². The summed E-state index contributed by atoms with van der Waals surface area (Å²) in [5.74, 6) is -1.50. The number of amides is 1. The molecule has 0 fully saturated rings. The topological polar surface area (TPSA) is 108 Å². The van der Waals surface area contributed by atoms with Gasteiger partial charge in [0, 0.05) is 26.3 Å². The predicted octanol–water partition coefficient (Wildman–Crippen LogP) is 1.54. The quantitative estimate of drug-likeness (QED) is 0.850. The van der Waals surface area contributed by atoms with E-state index in [2.05, 4.69) is 4.98 Å². The van der Waals surface area contributed by atoms with Crippen LogP contribution in [-0.4, -0.2) is 55.3 Å². The molecule has 0 bridgehead atoms. The lowest BCUT2D eigenvalue weighted by Gasteiger charge is -2.19. The van der Waals surface area contributed by atoms with Crippen molar-refractivity contribution in [1.82, 2.24) is 9.29 Å². The number of rotatable bonds is 4. The number of carbonyl (C=O) groups is 2. The molecular weight excluding hydrogens is 370 g/mol. The van der Waals surface area contributed by atoms with E-state index in [0.29, 0.717) is 18.7 Å². The number of hydrogen-bond donors (Lipinski definition) is 1. The lowest BCUT2D eigenvalue weighted by Crippen LogP contribution is -2.30. The molecule has 0 atom stereocenters. The number of carboxylic acids is 1. The standard InChI is InChI=1S/C18H19N3O5S/c1-11-14(18(23)24)6-7-15(19-11)17(22)21-9-8-12-4-5-13(10-16(12)21)27(25,26)20(2)3/h4-7,10H,8-9H2,1-3H3,(H,23,24). The molecule has 9 heteroatoms. The Morgan fingerprint density at radius 3 is 2.48 bits per heavy atom. The fourth-order valence-electron chi connectivity index (χ4n) is 2.99. The van der Waals surface area contributed by atoms with Gasteiger partial charge in [-0.05, 0) is 43.2 Å². The van der Waals surface area contributed by atoms with Crippen LogP contribution in [0.2, 0.25) is 0 Å². The van der Waals surface area contributed by atoms with Gasteiger partial charge in [-0.25, -0.2) is 22.5 Å². The Morgan fingerprint density at radius 1 is 1.19 bits per heavy atom. The fraction of sp³-hybridized carbons (Fsp3) is 0.278. The zero-order valence-corrected chi connectivity index (χ0v) is 15.9. The third-order valence-electron chi connectivity index (χ3n) is 4.51. The molecule has 0 saturated heterocycles. The molecule has 142 valence electrons. The molecule has 2 heterocycles. The van der Waals surface area contributed by atoms with Gasteiger partial charge >= 0.3 is 5.97 Å². The number of carbonyl (C=O) groups excluding carboxylic acids is 1. The molecule has 0 unspecified atom stereocenters. The highest BCUT2D eigenvalue weighted by Crippen LogP contribution is 2.32. The molecule has 0 saturated carbocycles.